The first kappa shape index (κ1) is 21.2. The van der Waals surface area contributed by atoms with Gasteiger partial charge < -0.3 is 14.4 Å². The molecule has 0 heterocycles. The van der Waals surface area contributed by atoms with Crippen molar-refractivity contribution < 1.29 is 19.1 Å². The number of carbonyl (C=O) groups excluding carboxylic acids is 2. The van der Waals surface area contributed by atoms with Gasteiger partial charge in [-0.2, -0.15) is 0 Å². The van der Waals surface area contributed by atoms with Crippen molar-refractivity contribution in [2.75, 3.05) is 13.7 Å². The number of methoxy groups -OCH3 is 1. The molecule has 0 unspecified atom stereocenters. The summed E-state index contributed by atoms with van der Waals surface area (Å²) in [6.07, 6.45) is 3.45. The van der Waals surface area contributed by atoms with Gasteiger partial charge in [0, 0.05) is 18.7 Å². The lowest BCUT2D eigenvalue weighted by molar-refractivity contribution is -0.141. The maximum Gasteiger partial charge on any atom is 0.307 e. The third-order valence-electron chi connectivity index (χ3n) is 4.22. The Balaban J connectivity index is 1.97. The van der Waals surface area contributed by atoms with E-state index in [0.717, 1.165) is 16.9 Å². The molecule has 2 aromatic rings. The first-order valence-corrected chi connectivity index (χ1v) is 9.32. The second-order valence-corrected chi connectivity index (χ2v) is 6.63. The predicted octanol–water partition coefficient (Wildman–Crippen LogP) is 4.08. The fraction of sp³-hybridized carbons (Fsp3) is 0.304. The number of hydrogen-bond acceptors (Lipinski definition) is 4. The van der Waals surface area contributed by atoms with E-state index in [4.69, 9.17) is 4.74 Å². The number of nitrogens with zero attached hydrogens (tertiary/aromatic N) is 1. The lowest BCUT2D eigenvalue weighted by Gasteiger charge is -2.25. The van der Waals surface area contributed by atoms with Crippen LogP contribution < -0.4 is 4.74 Å². The Hall–Kier alpha value is -3.08. The minimum Gasteiger partial charge on any atom is -0.489 e. The Morgan fingerprint density at radius 3 is 2.50 bits per heavy atom. The minimum atomic E-state index is -0.328. The molecule has 0 atom stereocenters. The van der Waals surface area contributed by atoms with E-state index in [1.54, 1.807) is 11.0 Å². The average molecular weight is 381 g/mol. The van der Waals surface area contributed by atoms with Gasteiger partial charge in [0.1, 0.15) is 12.4 Å². The number of rotatable bonds is 9. The molecule has 0 bridgehead atoms. The molecule has 1 amide bonds. The van der Waals surface area contributed by atoms with Crippen LogP contribution in [0.25, 0.3) is 6.08 Å². The molecule has 0 N–H and O–H groups in total. The Kier molecular flexibility index (Phi) is 8.28. The summed E-state index contributed by atoms with van der Waals surface area (Å²) >= 11 is 0. The van der Waals surface area contributed by atoms with Crippen LogP contribution in [-0.4, -0.2) is 36.5 Å². The van der Waals surface area contributed by atoms with Crippen molar-refractivity contribution in [1.82, 2.24) is 4.90 Å². The lowest BCUT2D eigenvalue weighted by Crippen LogP contribution is -2.37. The standard InChI is InChI=1S/C23H27NO4/c1-18(2)24(15-14-23(26)27-3)22(25)13-12-19-10-7-11-21(16-19)28-17-20-8-5-4-6-9-20/h4-13,16,18H,14-15,17H2,1-3H3/b13-12+. The zero-order chi connectivity index (χ0) is 20.4. The van der Waals surface area contributed by atoms with Crippen molar-refractivity contribution in [3.8, 4) is 5.75 Å². The van der Waals surface area contributed by atoms with Gasteiger partial charge in [0.05, 0.1) is 13.5 Å². The molecule has 0 aliphatic rings. The van der Waals surface area contributed by atoms with Crippen LogP contribution in [0.4, 0.5) is 0 Å². The summed E-state index contributed by atoms with van der Waals surface area (Å²) in [4.78, 5) is 25.5. The van der Waals surface area contributed by atoms with Crippen LogP contribution >= 0.6 is 0 Å². The zero-order valence-corrected chi connectivity index (χ0v) is 16.6. The largest absolute Gasteiger partial charge is 0.489 e. The van der Waals surface area contributed by atoms with E-state index in [2.05, 4.69) is 4.74 Å². The molecule has 0 radical (unpaired) electrons. The van der Waals surface area contributed by atoms with E-state index in [1.807, 2.05) is 68.4 Å². The van der Waals surface area contributed by atoms with Gasteiger partial charge in [0.25, 0.3) is 0 Å². The van der Waals surface area contributed by atoms with Gasteiger partial charge in [0.15, 0.2) is 0 Å². The van der Waals surface area contributed by atoms with Crippen LogP contribution in [0.3, 0.4) is 0 Å². The molecule has 0 saturated heterocycles. The highest BCUT2D eigenvalue weighted by atomic mass is 16.5. The van der Waals surface area contributed by atoms with Gasteiger partial charge in [-0.25, -0.2) is 0 Å². The molecular weight excluding hydrogens is 354 g/mol. The summed E-state index contributed by atoms with van der Waals surface area (Å²) < 4.78 is 10.5. The minimum absolute atomic E-state index is 0.0117. The van der Waals surface area contributed by atoms with Crippen LogP contribution in [0.15, 0.2) is 60.7 Å². The van der Waals surface area contributed by atoms with Crippen molar-refractivity contribution in [2.45, 2.75) is 32.9 Å². The third-order valence-corrected chi connectivity index (χ3v) is 4.22. The number of amides is 1. The molecule has 0 spiro atoms. The van der Waals surface area contributed by atoms with Gasteiger partial charge in [-0.3, -0.25) is 9.59 Å². The van der Waals surface area contributed by atoms with Gasteiger partial charge in [-0.1, -0.05) is 42.5 Å². The van der Waals surface area contributed by atoms with E-state index < -0.39 is 0 Å². The smallest absolute Gasteiger partial charge is 0.307 e. The summed E-state index contributed by atoms with van der Waals surface area (Å²) in [5, 5.41) is 0. The SMILES string of the molecule is COC(=O)CCN(C(=O)/C=C/c1cccc(OCc2ccccc2)c1)C(C)C. The van der Waals surface area contributed by atoms with Crippen LogP contribution in [0.2, 0.25) is 0 Å². The summed E-state index contributed by atoms with van der Waals surface area (Å²) in [5.74, 6) is 0.269. The van der Waals surface area contributed by atoms with E-state index in [9.17, 15) is 9.59 Å². The fourth-order valence-electron chi connectivity index (χ4n) is 2.65. The summed E-state index contributed by atoms with van der Waals surface area (Å²) in [5.41, 5.74) is 1.97. The quantitative estimate of drug-likeness (QED) is 0.485. The summed E-state index contributed by atoms with van der Waals surface area (Å²) in [6.45, 7) is 4.65. The van der Waals surface area contributed by atoms with Crippen molar-refractivity contribution >= 4 is 18.0 Å². The molecule has 2 aromatic carbocycles. The van der Waals surface area contributed by atoms with Crippen molar-refractivity contribution in [2.24, 2.45) is 0 Å². The van der Waals surface area contributed by atoms with Gasteiger partial charge in [-0.15, -0.1) is 0 Å². The number of esters is 1. The van der Waals surface area contributed by atoms with Crippen molar-refractivity contribution in [3.05, 3.63) is 71.8 Å². The summed E-state index contributed by atoms with van der Waals surface area (Å²) in [6, 6.07) is 17.5. The second-order valence-electron chi connectivity index (χ2n) is 6.63. The molecule has 148 valence electrons. The monoisotopic (exact) mass is 381 g/mol. The molecule has 28 heavy (non-hydrogen) atoms. The molecule has 5 nitrogen and oxygen atoms in total. The first-order chi connectivity index (χ1) is 13.5. The van der Waals surface area contributed by atoms with Gasteiger partial charge >= 0.3 is 5.97 Å². The van der Waals surface area contributed by atoms with Crippen molar-refractivity contribution in [3.63, 3.8) is 0 Å². The number of benzene rings is 2. The third kappa shape index (κ3) is 6.91. The highest BCUT2D eigenvalue weighted by Gasteiger charge is 2.16. The Labute approximate surface area is 166 Å². The van der Waals surface area contributed by atoms with Gasteiger partial charge in [-0.05, 0) is 43.2 Å². The molecule has 0 aromatic heterocycles. The predicted molar refractivity (Wildman–Crippen MR) is 110 cm³/mol. The number of carbonyl (C=O) groups is 2. The van der Waals surface area contributed by atoms with E-state index in [-0.39, 0.29) is 24.3 Å². The lowest BCUT2D eigenvalue weighted by atomic mass is 10.2. The maximum atomic E-state index is 12.5. The van der Waals surface area contributed by atoms with Crippen molar-refractivity contribution in [1.29, 1.82) is 0 Å². The Morgan fingerprint density at radius 1 is 1.07 bits per heavy atom. The summed E-state index contributed by atoms with van der Waals surface area (Å²) in [7, 11) is 1.34. The highest BCUT2D eigenvalue weighted by molar-refractivity contribution is 5.92. The molecule has 0 aliphatic heterocycles. The maximum absolute atomic E-state index is 12.5. The number of hydrogen-bond donors (Lipinski definition) is 0. The second kappa shape index (κ2) is 10.9. The first-order valence-electron chi connectivity index (χ1n) is 9.32. The van der Waals surface area contributed by atoms with E-state index in [1.165, 1.54) is 13.2 Å². The Morgan fingerprint density at radius 2 is 1.82 bits per heavy atom. The molecule has 2 rings (SSSR count). The van der Waals surface area contributed by atoms with E-state index >= 15 is 0 Å². The highest BCUT2D eigenvalue weighted by Crippen LogP contribution is 2.16. The Bertz CT molecular complexity index is 799. The molecule has 0 aliphatic carbocycles. The normalized spacial score (nSPS) is 10.9. The van der Waals surface area contributed by atoms with Crippen LogP contribution in [0, 0.1) is 0 Å². The fourth-order valence-corrected chi connectivity index (χ4v) is 2.65. The van der Waals surface area contributed by atoms with Crippen LogP contribution in [-0.2, 0) is 20.9 Å². The number of ether oxygens (including phenoxy) is 2. The van der Waals surface area contributed by atoms with Crippen LogP contribution in [0.1, 0.15) is 31.4 Å². The molecule has 0 saturated carbocycles. The van der Waals surface area contributed by atoms with E-state index in [0.29, 0.717) is 13.2 Å². The van der Waals surface area contributed by atoms with Crippen LogP contribution in [0.5, 0.6) is 5.75 Å². The molecular formula is C23H27NO4. The molecule has 5 heteroatoms. The molecule has 0 fully saturated rings. The average Bonchev–Trinajstić information content (AvgIpc) is 2.71. The topological polar surface area (TPSA) is 55.8 Å². The zero-order valence-electron chi connectivity index (χ0n) is 16.6. The van der Waals surface area contributed by atoms with Gasteiger partial charge in [0.2, 0.25) is 5.91 Å².